The fraction of sp³-hybridized carbons (Fsp3) is 0.250. The van der Waals surface area contributed by atoms with Crippen LogP contribution >= 0.6 is 0 Å². The van der Waals surface area contributed by atoms with E-state index in [1.807, 2.05) is 24.3 Å². The van der Waals surface area contributed by atoms with Gasteiger partial charge in [-0.15, -0.1) is 0 Å². The molecule has 0 atom stereocenters. The monoisotopic (exact) mass is 235 g/mol. The van der Waals surface area contributed by atoms with Gasteiger partial charge in [-0.25, -0.2) is 0 Å². The number of aliphatic hydroxyl groups excluding tert-OH is 1. The molecule has 0 bridgehead atoms. The number of aliphatic hydroxyl groups is 1. The van der Waals surface area contributed by atoms with Gasteiger partial charge in [0.15, 0.2) is 0 Å². The van der Waals surface area contributed by atoms with Gasteiger partial charge >= 0.3 is 0 Å². The van der Waals surface area contributed by atoms with Crippen LogP contribution in [0.3, 0.4) is 0 Å². The van der Waals surface area contributed by atoms with Crippen LogP contribution in [0.1, 0.15) is 5.56 Å². The number of rotatable bonds is 6. The maximum Gasteiger partial charge on any atom is 0.122 e. The van der Waals surface area contributed by atoms with Crippen molar-refractivity contribution in [3.63, 3.8) is 0 Å². The van der Waals surface area contributed by atoms with E-state index in [0.717, 1.165) is 11.3 Å². The molecule has 0 aliphatic heterocycles. The third-order valence-electron chi connectivity index (χ3n) is 2.26. The smallest absolute Gasteiger partial charge is 0.122 e. The molecule has 5 nitrogen and oxygen atoms in total. The largest absolute Gasteiger partial charge is 0.497 e. The second-order valence-corrected chi connectivity index (χ2v) is 3.47. The molecule has 0 unspecified atom stereocenters. The molecule has 92 valence electrons. The van der Waals surface area contributed by atoms with E-state index in [0.29, 0.717) is 12.1 Å². The van der Waals surface area contributed by atoms with E-state index in [2.05, 4.69) is 5.32 Å². The molecule has 0 aliphatic carbocycles. The van der Waals surface area contributed by atoms with Crippen LogP contribution in [0.25, 0.3) is 0 Å². The molecule has 0 heterocycles. The average molecular weight is 235 g/mol. The summed E-state index contributed by atoms with van der Waals surface area (Å²) in [6.07, 6.45) is 1.55. The first-order valence-electron chi connectivity index (χ1n) is 5.18. The van der Waals surface area contributed by atoms with Crippen molar-refractivity contribution in [2.45, 2.75) is 6.54 Å². The van der Waals surface area contributed by atoms with E-state index in [1.54, 1.807) is 13.3 Å². The van der Waals surface area contributed by atoms with Gasteiger partial charge in [-0.05, 0) is 17.7 Å². The average Bonchev–Trinajstić information content (AvgIpc) is 2.35. The van der Waals surface area contributed by atoms with Crippen LogP contribution in [0, 0.1) is 5.41 Å². The van der Waals surface area contributed by atoms with Crippen LogP contribution in [0.5, 0.6) is 5.75 Å². The minimum absolute atomic E-state index is 0.130. The van der Waals surface area contributed by atoms with Gasteiger partial charge in [-0.1, -0.05) is 12.1 Å². The van der Waals surface area contributed by atoms with Gasteiger partial charge in [0.1, 0.15) is 11.6 Å². The first-order valence-corrected chi connectivity index (χ1v) is 5.18. The molecule has 0 amide bonds. The molecule has 0 aliphatic rings. The number of methoxy groups -OCH3 is 1. The highest BCUT2D eigenvalue weighted by molar-refractivity contribution is 5.94. The maximum absolute atomic E-state index is 8.92. The highest BCUT2D eigenvalue weighted by Crippen LogP contribution is 2.10. The fourth-order valence-corrected chi connectivity index (χ4v) is 1.24. The Morgan fingerprint density at radius 3 is 2.59 bits per heavy atom. The minimum Gasteiger partial charge on any atom is -0.497 e. The molecular formula is C12H17N3O2. The SMILES string of the molecule is COc1ccc(CN/C=C(/CO)C(=N)N)cc1. The standard InChI is InChI=1S/C12H17N3O2/c1-17-11-4-2-9(3-5-11)6-15-7-10(8-16)12(13)14/h2-5,7,15-16H,6,8H2,1H3,(H3,13,14)/b10-7-. The molecule has 1 rings (SSSR count). The van der Waals surface area contributed by atoms with Gasteiger partial charge in [0, 0.05) is 18.3 Å². The Morgan fingerprint density at radius 1 is 1.47 bits per heavy atom. The molecule has 5 heteroatoms. The van der Waals surface area contributed by atoms with Crippen LogP contribution in [0.4, 0.5) is 0 Å². The molecule has 0 saturated carbocycles. The van der Waals surface area contributed by atoms with Gasteiger partial charge in [0.2, 0.25) is 0 Å². The van der Waals surface area contributed by atoms with Crippen molar-refractivity contribution >= 4 is 5.84 Å². The summed E-state index contributed by atoms with van der Waals surface area (Å²) >= 11 is 0. The van der Waals surface area contributed by atoms with Crippen LogP contribution in [0.15, 0.2) is 36.0 Å². The number of nitrogens with two attached hydrogens (primary N) is 1. The molecule has 0 saturated heterocycles. The zero-order chi connectivity index (χ0) is 12.7. The van der Waals surface area contributed by atoms with Crippen LogP contribution < -0.4 is 15.8 Å². The predicted molar refractivity (Wildman–Crippen MR) is 66.9 cm³/mol. The first-order chi connectivity index (χ1) is 8.17. The summed E-state index contributed by atoms with van der Waals surface area (Å²) in [7, 11) is 1.62. The van der Waals surface area contributed by atoms with E-state index in [4.69, 9.17) is 21.0 Å². The Labute approximate surface area is 100 Å². The normalized spacial score (nSPS) is 11.1. The summed E-state index contributed by atoms with van der Waals surface area (Å²) in [5.74, 6) is 0.679. The molecule has 0 aromatic heterocycles. The summed E-state index contributed by atoms with van der Waals surface area (Å²) in [5, 5.41) is 19.1. The van der Waals surface area contributed by atoms with Crippen molar-refractivity contribution in [3.05, 3.63) is 41.6 Å². The highest BCUT2D eigenvalue weighted by atomic mass is 16.5. The van der Waals surface area contributed by atoms with Crippen LogP contribution in [-0.2, 0) is 6.54 Å². The number of hydrogen-bond donors (Lipinski definition) is 4. The summed E-state index contributed by atoms with van der Waals surface area (Å²) in [6.45, 7) is 0.353. The van der Waals surface area contributed by atoms with Crippen molar-refractivity contribution in [3.8, 4) is 5.75 Å². The molecule has 17 heavy (non-hydrogen) atoms. The summed E-state index contributed by atoms with van der Waals surface area (Å²) in [6, 6.07) is 7.62. The van der Waals surface area contributed by atoms with E-state index >= 15 is 0 Å². The topological polar surface area (TPSA) is 91.4 Å². The summed E-state index contributed by atoms with van der Waals surface area (Å²) < 4.78 is 5.05. The van der Waals surface area contributed by atoms with Gasteiger partial charge in [-0.3, -0.25) is 5.41 Å². The second-order valence-electron chi connectivity index (χ2n) is 3.47. The molecule has 0 spiro atoms. The lowest BCUT2D eigenvalue weighted by atomic mass is 10.2. The minimum atomic E-state index is -0.245. The molecular weight excluding hydrogens is 218 g/mol. The quantitative estimate of drug-likeness (QED) is 0.429. The van der Waals surface area contributed by atoms with Gasteiger partial charge < -0.3 is 20.9 Å². The Hall–Kier alpha value is -2.01. The van der Waals surface area contributed by atoms with E-state index < -0.39 is 0 Å². The first kappa shape index (κ1) is 13.1. The zero-order valence-corrected chi connectivity index (χ0v) is 9.73. The van der Waals surface area contributed by atoms with Gasteiger partial charge in [-0.2, -0.15) is 0 Å². The van der Waals surface area contributed by atoms with Crippen molar-refractivity contribution in [1.82, 2.24) is 5.32 Å². The molecule has 1 aromatic carbocycles. The Bertz CT molecular complexity index is 399. The maximum atomic E-state index is 8.92. The van der Waals surface area contributed by atoms with Crippen molar-refractivity contribution in [1.29, 1.82) is 5.41 Å². The van der Waals surface area contributed by atoms with E-state index in [-0.39, 0.29) is 12.4 Å². The zero-order valence-electron chi connectivity index (χ0n) is 9.73. The number of amidine groups is 1. The van der Waals surface area contributed by atoms with Gasteiger partial charge in [0.05, 0.1) is 13.7 Å². The fourth-order valence-electron chi connectivity index (χ4n) is 1.24. The predicted octanol–water partition coefficient (Wildman–Crippen LogP) is 0.597. The molecule has 5 N–H and O–H groups in total. The van der Waals surface area contributed by atoms with Crippen molar-refractivity contribution < 1.29 is 9.84 Å². The number of benzene rings is 1. The van der Waals surface area contributed by atoms with Crippen LogP contribution in [0.2, 0.25) is 0 Å². The summed E-state index contributed by atoms with van der Waals surface area (Å²) in [5.41, 5.74) is 6.71. The lowest BCUT2D eigenvalue weighted by Crippen LogP contribution is -2.18. The number of nitrogens with one attached hydrogen (secondary N) is 2. The molecule has 0 radical (unpaired) electrons. The molecule has 0 fully saturated rings. The highest BCUT2D eigenvalue weighted by Gasteiger charge is 1.98. The Kier molecular flexibility index (Phi) is 5.03. The Balaban J connectivity index is 2.52. The van der Waals surface area contributed by atoms with E-state index in [1.165, 1.54) is 0 Å². The number of hydrogen-bond acceptors (Lipinski definition) is 4. The van der Waals surface area contributed by atoms with Crippen LogP contribution in [-0.4, -0.2) is 24.7 Å². The van der Waals surface area contributed by atoms with Crippen molar-refractivity contribution in [2.75, 3.05) is 13.7 Å². The van der Waals surface area contributed by atoms with Crippen molar-refractivity contribution in [2.24, 2.45) is 5.73 Å². The third kappa shape index (κ3) is 4.16. The lowest BCUT2D eigenvalue weighted by molar-refractivity contribution is 0.336. The lowest BCUT2D eigenvalue weighted by Gasteiger charge is -2.05. The third-order valence-corrected chi connectivity index (χ3v) is 2.26. The number of ether oxygens (including phenoxy) is 1. The van der Waals surface area contributed by atoms with E-state index in [9.17, 15) is 0 Å². The molecule has 1 aromatic rings. The second kappa shape index (κ2) is 6.55. The summed E-state index contributed by atoms with van der Waals surface area (Å²) in [4.78, 5) is 0. The van der Waals surface area contributed by atoms with Gasteiger partial charge in [0.25, 0.3) is 0 Å². The Morgan fingerprint density at radius 2 is 2.12 bits per heavy atom.